The maximum Gasteiger partial charge on any atom is 0.310 e. The van der Waals surface area contributed by atoms with Gasteiger partial charge in [0.25, 0.3) is 0 Å². The van der Waals surface area contributed by atoms with Gasteiger partial charge in [-0.3, -0.25) is 34.7 Å². The van der Waals surface area contributed by atoms with Gasteiger partial charge in [0.1, 0.15) is 11.6 Å². The number of Topliss-reactive ketones (excluding diaryl/α,β-unsaturated/α-hetero) is 1. The molecular weight excluding hydrogens is 382 g/mol. The molecule has 0 aromatic heterocycles. The molecule has 168 valence electrons. The summed E-state index contributed by atoms with van der Waals surface area (Å²) in [6.45, 7) is 11.3. The van der Waals surface area contributed by atoms with Gasteiger partial charge in [0.05, 0.1) is 5.84 Å². The van der Waals surface area contributed by atoms with Crippen molar-refractivity contribution >= 4 is 46.9 Å². The minimum atomic E-state index is -0.562. The van der Waals surface area contributed by atoms with Gasteiger partial charge in [-0.25, -0.2) is 4.99 Å². The summed E-state index contributed by atoms with van der Waals surface area (Å²) in [7, 11) is 0. The standard InChI is InChI=1S/C5H9NO.C4H9N3.C4H7NO2.C4H6O3.CH4/c1-4(6)3-5(2)7;1-3(5)7-4(2)6;1-3(6)5-4(2)7;1-3(5)7-4(2)6;/h6H,3H2,1-2H3;1-2H3,(H3,5,6,7);1-2H3,(H,5,6,7);1-2H3;1H4. The monoisotopic (exact) mass is 417 g/mol. The Hall–Kier alpha value is -3.24. The van der Waals surface area contributed by atoms with Crippen molar-refractivity contribution in [2.75, 3.05) is 0 Å². The number of imide groups is 1. The fourth-order valence-corrected chi connectivity index (χ4v) is 1.09. The van der Waals surface area contributed by atoms with E-state index in [1.165, 1.54) is 34.6 Å². The molecule has 11 nitrogen and oxygen atoms in total. The quantitative estimate of drug-likeness (QED) is 0.227. The molecule has 0 rings (SSSR count). The van der Waals surface area contributed by atoms with Crippen molar-refractivity contribution in [3.63, 3.8) is 0 Å². The van der Waals surface area contributed by atoms with E-state index in [1.54, 1.807) is 20.8 Å². The van der Waals surface area contributed by atoms with Crippen molar-refractivity contribution in [2.24, 2.45) is 10.7 Å². The molecule has 0 fully saturated rings. The SMILES string of the molecule is C.CC(=N)CC(C)=O.CC(=N)N=C(C)N.CC(=O)NC(C)=O.CC(=O)OC(C)=O. The topological polar surface area (TPSA) is 193 Å². The van der Waals surface area contributed by atoms with Gasteiger partial charge in [-0.2, -0.15) is 0 Å². The number of nitrogens with one attached hydrogen (secondary N) is 3. The molecular formula is C18H35N5O6. The molecule has 0 aliphatic heterocycles. The number of carbonyl (C=O) groups is 5. The first-order valence-corrected chi connectivity index (χ1v) is 7.87. The summed E-state index contributed by atoms with van der Waals surface area (Å²) in [6.07, 6.45) is 0.306. The van der Waals surface area contributed by atoms with Crippen molar-refractivity contribution in [3.8, 4) is 0 Å². The van der Waals surface area contributed by atoms with E-state index in [-0.39, 0.29) is 30.9 Å². The number of hydrogen-bond acceptors (Lipinski definition) is 8. The average molecular weight is 418 g/mol. The molecule has 0 bridgehead atoms. The second-order valence-electron chi connectivity index (χ2n) is 5.32. The van der Waals surface area contributed by atoms with Crippen LogP contribution in [-0.2, 0) is 28.7 Å². The molecule has 0 radical (unpaired) electrons. The smallest absolute Gasteiger partial charge is 0.310 e. The molecule has 0 atom stereocenters. The largest absolute Gasteiger partial charge is 0.394 e. The van der Waals surface area contributed by atoms with Crippen molar-refractivity contribution in [1.29, 1.82) is 10.8 Å². The Morgan fingerprint density at radius 2 is 1.17 bits per heavy atom. The lowest BCUT2D eigenvalue weighted by Crippen LogP contribution is -2.24. The number of hydrogen-bond donors (Lipinski definition) is 4. The highest BCUT2D eigenvalue weighted by atomic mass is 16.6. The van der Waals surface area contributed by atoms with Crippen molar-refractivity contribution in [3.05, 3.63) is 0 Å². The Morgan fingerprint density at radius 3 is 1.17 bits per heavy atom. The molecule has 0 aliphatic rings. The van der Waals surface area contributed by atoms with Gasteiger partial charge in [0.15, 0.2) is 0 Å². The van der Waals surface area contributed by atoms with Crippen LogP contribution in [0.15, 0.2) is 4.99 Å². The molecule has 11 heteroatoms. The summed E-state index contributed by atoms with van der Waals surface area (Å²) >= 11 is 0. The summed E-state index contributed by atoms with van der Waals surface area (Å²) in [4.78, 5) is 53.1. The van der Waals surface area contributed by atoms with Crippen LogP contribution in [0.1, 0.15) is 69.2 Å². The lowest BCUT2D eigenvalue weighted by Gasteiger charge is -1.88. The number of esters is 2. The summed E-state index contributed by atoms with van der Waals surface area (Å²) < 4.78 is 3.97. The summed E-state index contributed by atoms with van der Waals surface area (Å²) in [5.41, 5.74) is 5.54. The normalized spacial score (nSPS) is 8.48. The Labute approximate surface area is 172 Å². The minimum absolute atomic E-state index is 0. The first-order chi connectivity index (χ1) is 12.5. The number of carbonyl (C=O) groups excluding carboxylic acids is 5. The molecule has 5 N–H and O–H groups in total. The second-order valence-corrected chi connectivity index (χ2v) is 5.32. The molecule has 29 heavy (non-hydrogen) atoms. The highest BCUT2D eigenvalue weighted by Gasteiger charge is 1.93. The molecule has 2 amide bonds. The van der Waals surface area contributed by atoms with Crippen LogP contribution in [0.25, 0.3) is 0 Å². The summed E-state index contributed by atoms with van der Waals surface area (Å²) in [5.74, 6) is -1.000. The number of nitrogens with two attached hydrogens (primary N) is 1. The van der Waals surface area contributed by atoms with E-state index in [9.17, 15) is 24.0 Å². The predicted octanol–water partition coefficient (Wildman–Crippen LogP) is 1.77. The molecule has 0 heterocycles. The third-order valence-electron chi connectivity index (χ3n) is 1.50. The zero-order chi connectivity index (χ0) is 23.4. The van der Waals surface area contributed by atoms with Gasteiger partial charge < -0.3 is 15.9 Å². The second kappa shape index (κ2) is 22.8. The number of rotatable bonds is 2. The van der Waals surface area contributed by atoms with Crippen LogP contribution < -0.4 is 11.1 Å². The van der Waals surface area contributed by atoms with Gasteiger partial charge in [0, 0.05) is 39.8 Å². The Bertz CT molecular complexity index is 510. The Balaban J connectivity index is -0.0000000873. The van der Waals surface area contributed by atoms with Gasteiger partial charge in [-0.1, -0.05) is 7.43 Å². The lowest BCUT2D eigenvalue weighted by molar-refractivity contribution is -0.156. The van der Waals surface area contributed by atoms with E-state index in [4.69, 9.17) is 16.6 Å². The number of amides is 2. The molecule has 0 saturated heterocycles. The highest BCUT2D eigenvalue weighted by Crippen LogP contribution is 1.81. The van der Waals surface area contributed by atoms with Crippen LogP contribution in [0.4, 0.5) is 0 Å². The van der Waals surface area contributed by atoms with E-state index in [2.05, 4.69) is 9.73 Å². The molecule has 0 aliphatic carbocycles. The summed E-state index contributed by atoms with van der Waals surface area (Å²) in [5, 5.41) is 15.6. The van der Waals surface area contributed by atoms with Crippen LogP contribution in [0.5, 0.6) is 0 Å². The van der Waals surface area contributed by atoms with Gasteiger partial charge in [-0.05, 0) is 27.7 Å². The maximum atomic E-state index is 10.1. The van der Waals surface area contributed by atoms with Gasteiger partial charge in [0.2, 0.25) is 11.8 Å². The number of amidine groups is 2. The van der Waals surface area contributed by atoms with Crippen molar-refractivity contribution in [1.82, 2.24) is 5.32 Å². The number of aliphatic imine (C=N–C) groups is 1. The predicted molar refractivity (Wildman–Crippen MR) is 113 cm³/mol. The Kier molecular flexibility index (Phi) is 28.8. The van der Waals surface area contributed by atoms with Crippen molar-refractivity contribution in [2.45, 2.75) is 69.2 Å². The third kappa shape index (κ3) is 78.8. The average Bonchev–Trinajstić information content (AvgIpc) is 2.32. The van der Waals surface area contributed by atoms with E-state index < -0.39 is 11.9 Å². The van der Waals surface area contributed by atoms with Crippen molar-refractivity contribution < 1.29 is 28.7 Å². The fourth-order valence-electron chi connectivity index (χ4n) is 1.09. The minimum Gasteiger partial charge on any atom is -0.394 e. The summed E-state index contributed by atoms with van der Waals surface area (Å²) in [6, 6.07) is 0. The Morgan fingerprint density at radius 1 is 0.828 bits per heavy atom. The zero-order valence-electron chi connectivity index (χ0n) is 17.7. The first-order valence-electron chi connectivity index (χ1n) is 7.87. The number of nitrogens with zero attached hydrogens (tertiary/aromatic N) is 1. The van der Waals surface area contributed by atoms with Gasteiger partial charge in [-0.15, -0.1) is 0 Å². The molecule has 0 spiro atoms. The molecule has 0 saturated carbocycles. The van der Waals surface area contributed by atoms with E-state index in [1.807, 2.05) is 5.32 Å². The number of ketones is 1. The molecule has 0 aromatic rings. The highest BCUT2D eigenvalue weighted by molar-refractivity contribution is 5.98. The fraction of sp³-hybridized carbons (Fsp3) is 0.556. The van der Waals surface area contributed by atoms with Crippen LogP contribution >= 0.6 is 0 Å². The maximum absolute atomic E-state index is 10.1. The van der Waals surface area contributed by atoms with Gasteiger partial charge >= 0.3 is 11.9 Å². The zero-order valence-corrected chi connectivity index (χ0v) is 17.7. The molecule has 0 aromatic carbocycles. The lowest BCUT2D eigenvalue weighted by atomic mass is 10.2. The van der Waals surface area contributed by atoms with Crippen LogP contribution in [-0.4, -0.2) is 46.9 Å². The molecule has 0 unspecified atom stereocenters. The van der Waals surface area contributed by atoms with E-state index in [0.29, 0.717) is 18.0 Å². The first kappa shape index (κ1) is 36.6. The van der Waals surface area contributed by atoms with Crippen LogP contribution in [0, 0.1) is 10.8 Å². The number of ether oxygens (including phenoxy) is 1. The third-order valence-corrected chi connectivity index (χ3v) is 1.50. The van der Waals surface area contributed by atoms with Crippen LogP contribution in [0.3, 0.4) is 0 Å². The van der Waals surface area contributed by atoms with Crippen LogP contribution in [0.2, 0.25) is 0 Å². The van der Waals surface area contributed by atoms with E-state index in [0.717, 1.165) is 0 Å². The van der Waals surface area contributed by atoms with E-state index >= 15 is 0 Å².